The molecule has 1 aliphatic rings. The number of primary amides is 1. The Morgan fingerprint density at radius 1 is 1.17 bits per heavy atom. The van der Waals surface area contributed by atoms with Crippen LogP contribution in [0, 0.1) is 6.92 Å². The van der Waals surface area contributed by atoms with Crippen molar-refractivity contribution < 1.29 is 9.53 Å². The highest BCUT2D eigenvalue weighted by Gasteiger charge is 2.20. The first-order valence-electron chi connectivity index (χ1n) is 9.56. The molecule has 3 heterocycles. The van der Waals surface area contributed by atoms with Gasteiger partial charge in [0.05, 0.1) is 17.6 Å². The molecular formula is C22H24N4O2S. The molecule has 4 rings (SSSR count). The molecule has 1 amide bonds. The summed E-state index contributed by atoms with van der Waals surface area (Å²) in [5, 5.41) is 5.12. The fourth-order valence-electron chi connectivity index (χ4n) is 3.73. The monoisotopic (exact) mass is 408 g/mol. The molecule has 0 atom stereocenters. The first kappa shape index (κ1) is 19.4. The normalized spacial score (nSPS) is 14.1. The van der Waals surface area contributed by atoms with Gasteiger partial charge in [-0.25, -0.2) is 0 Å². The number of methoxy groups -OCH3 is 1. The highest BCUT2D eigenvalue weighted by Crippen LogP contribution is 2.42. The summed E-state index contributed by atoms with van der Waals surface area (Å²) in [6.07, 6.45) is 3.70. The number of hydrogen-bond donors (Lipinski definition) is 2. The molecule has 0 aliphatic carbocycles. The number of nitrogens with one attached hydrogen (secondary N) is 1. The second-order valence-corrected chi connectivity index (χ2v) is 7.90. The van der Waals surface area contributed by atoms with E-state index in [2.05, 4.69) is 46.4 Å². The number of hydrogen-bond acceptors (Lipinski definition) is 6. The van der Waals surface area contributed by atoms with Gasteiger partial charge in [-0.2, -0.15) is 0 Å². The van der Waals surface area contributed by atoms with E-state index in [-0.39, 0.29) is 0 Å². The molecule has 1 saturated heterocycles. The molecule has 1 aromatic carbocycles. The molecule has 29 heavy (non-hydrogen) atoms. The summed E-state index contributed by atoms with van der Waals surface area (Å²) in [6, 6.07) is 8.63. The minimum atomic E-state index is -0.491. The molecule has 0 saturated carbocycles. The SMILES string of the molecule is COc1c(C(N)=O)csc1-c1cncc(-c2ccc(N3CCNCC3)cc2)c1C. The average molecular weight is 409 g/mol. The quantitative estimate of drug-likeness (QED) is 0.677. The second kappa shape index (κ2) is 8.23. The number of piperazine rings is 1. The number of anilines is 1. The Labute approximate surface area is 174 Å². The lowest BCUT2D eigenvalue weighted by Crippen LogP contribution is -2.43. The lowest BCUT2D eigenvalue weighted by atomic mass is 9.98. The Morgan fingerprint density at radius 3 is 2.52 bits per heavy atom. The van der Waals surface area contributed by atoms with Crippen LogP contribution in [0.2, 0.25) is 0 Å². The minimum Gasteiger partial charge on any atom is -0.494 e. The Morgan fingerprint density at radius 2 is 1.86 bits per heavy atom. The van der Waals surface area contributed by atoms with Crippen LogP contribution < -0.4 is 20.7 Å². The molecule has 150 valence electrons. The van der Waals surface area contributed by atoms with E-state index in [4.69, 9.17) is 10.5 Å². The van der Waals surface area contributed by atoms with Crippen molar-refractivity contribution in [2.24, 2.45) is 5.73 Å². The van der Waals surface area contributed by atoms with Gasteiger partial charge in [-0.1, -0.05) is 12.1 Å². The van der Waals surface area contributed by atoms with Gasteiger partial charge in [0.25, 0.3) is 5.91 Å². The topological polar surface area (TPSA) is 80.5 Å². The number of thiophene rings is 1. The van der Waals surface area contributed by atoms with Crippen LogP contribution in [0.1, 0.15) is 15.9 Å². The molecule has 0 spiro atoms. The number of pyridine rings is 1. The predicted molar refractivity (Wildman–Crippen MR) is 118 cm³/mol. The third-order valence-corrected chi connectivity index (χ3v) is 6.33. The standard InChI is InChI=1S/C22H24N4O2S/c1-14-17(15-3-5-16(6-4-15)26-9-7-24-8-10-26)11-25-12-18(14)21-20(28-2)19(13-29-21)22(23)27/h3-6,11-13,24H,7-10H2,1-2H3,(H2,23,27). The first-order chi connectivity index (χ1) is 14.1. The highest BCUT2D eigenvalue weighted by atomic mass is 32.1. The van der Waals surface area contributed by atoms with Crippen molar-refractivity contribution in [3.63, 3.8) is 0 Å². The van der Waals surface area contributed by atoms with E-state index >= 15 is 0 Å². The van der Waals surface area contributed by atoms with E-state index in [1.165, 1.54) is 17.0 Å². The zero-order chi connectivity index (χ0) is 20.4. The molecule has 0 radical (unpaired) electrons. The Bertz CT molecular complexity index is 1020. The number of benzene rings is 1. The zero-order valence-corrected chi connectivity index (χ0v) is 17.4. The van der Waals surface area contributed by atoms with Gasteiger partial charge in [-0.15, -0.1) is 11.3 Å². The molecule has 3 aromatic rings. The lowest BCUT2D eigenvalue weighted by molar-refractivity contribution is 0.0998. The van der Waals surface area contributed by atoms with Crippen molar-refractivity contribution in [3.8, 4) is 27.3 Å². The molecule has 1 aliphatic heterocycles. The number of nitrogens with zero attached hydrogens (tertiary/aromatic N) is 2. The van der Waals surface area contributed by atoms with Gasteiger partial charge >= 0.3 is 0 Å². The Kier molecular flexibility index (Phi) is 5.51. The number of ether oxygens (including phenoxy) is 1. The summed E-state index contributed by atoms with van der Waals surface area (Å²) in [4.78, 5) is 19.4. The van der Waals surface area contributed by atoms with E-state index < -0.39 is 5.91 Å². The predicted octanol–water partition coefficient (Wildman–Crippen LogP) is 3.30. The number of amides is 1. The first-order valence-corrected chi connectivity index (χ1v) is 10.4. The second-order valence-electron chi connectivity index (χ2n) is 7.02. The smallest absolute Gasteiger partial charge is 0.253 e. The van der Waals surface area contributed by atoms with Crippen LogP contribution in [0.4, 0.5) is 5.69 Å². The van der Waals surface area contributed by atoms with Crippen LogP contribution in [-0.4, -0.2) is 44.2 Å². The third-order valence-electron chi connectivity index (χ3n) is 5.34. The lowest BCUT2D eigenvalue weighted by Gasteiger charge is -2.29. The van der Waals surface area contributed by atoms with Crippen LogP contribution >= 0.6 is 11.3 Å². The number of carbonyl (C=O) groups excluding carboxylic acids is 1. The molecule has 2 aromatic heterocycles. The number of carbonyl (C=O) groups is 1. The Balaban J connectivity index is 1.69. The van der Waals surface area contributed by atoms with Crippen LogP contribution in [0.25, 0.3) is 21.6 Å². The van der Waals surface area contributed by atoms with E-state index in [1.54, 1.807) is 12.5 Å². The van der Waals surface area contributed by atoms with Crippen LogP contribution in [0.15, 0.2) is 42.0 Å². The summed E-state index contributed by atoms with van der Waals surface area (Å²) in [5.74, 6) is 0.0215. The zero-order valence-electron chi connectivity index (χ0n) is 16.6. The molecule has 1 fully saturated rings. The van der Waals surface area contributed by atoms with Gasteiger partial charge < -0.3 is 20.7 Å². The van der Waals surface area contributed by atoms with Crippen molar-refractivity contribution in [3.05, 3.63) is 53.2 Å². The van der Waals surface area contributed by atoms with Gasteiger partial charge in [0.1, 0.15) is 5.75 Å². The van der Waals surface area contributed by atoms with Crippen LogP contribution in [0.5, 0.6) is 5.75 Å². The summed E-state index contributed by atoms with van der Waals surface area (Å²) >= 11 is 1.44. The van der Waals surface area contributed by atoms with Gasteiger partial charge in [-0.05, 0) is 30.2 Å². The van der Waals surface area contributed by atoms with Gasteiger partial charge in [-0.3, -0.25) is 9.78 Å². The van der Waals surface area contributed by atoms with Crippen molar-refractivity contribution in [2.75, 3.05) is 38.2 Å². The molecule has 3 N–H and O–H groups in total. The average Bonchev–Trinajstić information content (AvgIpc) is 3.19. The van der Waals surface area contributed by atoms with E-state index in [1.807, 2.05) is 12.4 Å². The molecular weight excluding hydrogens is 384 g/mol. The summed E-state index contributed by atoms with van der Waals surface area (Å²) in [6.45, 7) is 6.15. The number of rotatable bonds is 5. The van der Waals surface area contributed by atoms with Gasteiger partial charge in [0, 0.05) is 60.8 Å². The maximum absolute atomic E-state index is 11.7. The summed E-state index contributed by atoms with van der Waals surface area (Å²) in [7, 11) is 1.56. The van der Waals surface area contributed by atoms with E-state index in [9.17, 15) is 4.79 Å². The van der Waals surface area contributed by atoms with E-state index in [0.29, 0.717) is 11.3 Å². The maximum Gasteiger partial charge on any atom is 0.253 e. The fourth-order valence-corrected chi connectivity index (χ4v) is 4.82. The van der Waals surface area contributed by atoms with Gasteiger partial charge in [0.2, 0.25) is 0 Å². The molecule has 0 bridgehead atoms. The summed E-state index contributed by atoms with van der Waals surface area (Å²) in [5.41, 5.74) is 11.3. The fraction of sp³-hybridized carbons (Fsp3) is 0.273. The van der Waals surface area contributed by atoms with Crippen LogP contribution in [0.3, 0.4) is 0 Å². The van der Waals surface area contributed by atoms with E-state index in [0.717, 1.165) is 53.3 Å². The number of aromatic nitrogens is 1. The highest BCUT2D eigenvalue weighted by molar-refractivity contribution is 7.14. The largest absolute Gasteiger partial charge is 0.494 e. The van der Waals surface area contributed by atoms with Crippen molar-refractivity contribution in [1.82, 2.24) is 10.3 Å². The third kappa shape index (κ3) is 3.71. The Hall–Kier alpha value is -2.90. The summed E-state index contributed by atoms with van der Waals surface area (Å²) < 4.78 is 5.49. The van der Waals surface area contributed by atoms with Gasteiger partial charge in [0.15, 0.2) is 0 Å². The maximum atomic E-state index is 11.7. The minimum absolute atomic E-state index is 0.401. The van der Waals surface area contributed by atoms with Crippen molar-refractivity contribution >= 4 is 22.9 Å². The number of nitrogens with two attached hydrogens (primary N) is 1. The van der Waals surface area contributed by atoms with Crippen LogP contribution in [-0.2, 0) is 0 Å². The molecule has 7 heteroatoms. The van der Waals surface area contributed by atoms with Crippen molar-refractivity contribution in [2.45, 2.75) is 6.92 Å². The van der Waals surface area contributed by atoms with Crippen molar-refractivity contribution in [1.29, 1.82) is 0 Å². The molecule has 0 unspecified atom stereocenters. The molecule has 6 nitrogen and oxygen atoms in total.